The van der Waals surface area contributed by atoms with Gasteiger partial charge in [-0.05, 0) is 79.3 Å². The van der Waals surface area contributed by atoms with Crippen molar-refractivity contribution in [3.05, 3.63) is 47.5 Å². The Morgan fingerprint density at radius 1 is 0.980 bits per heavy atom. The second kappa shape index (κ2) is 14.4. The van der Waals surface area contributed by atoms with E-state index < -0.39 is 71.3 Å². The third-order valence-corrected chi connectivity index (χ3v) is 12.4. The Morgan fingerprint density at radius 3 is 2.34 bits per heavy atom. The number of Topliss-reactive ketones (excluding diaryl/α,β-unsaturated/α-hetero) is 1. The molecule has 3 fully saturated rings. The predicted octanol–water partition coefficient (Wildman–Crippen LogP) is 3.20. The molecule has 1 aromatic carbocycles. The number of aliphatic carboxylic acids is 1. The molecule has 0 aliphatic heterocycles. The monoisotopic (exact) mass is 694 g/mol. The number of aliphatic hydroxyl groups is 2. The summed E-state index contributed by atoms with van der Waals surface area (Å²) in [5.41, 5.74) is -1.56. The molecule has 3 saturated carbocycles. The maximum absolute atomic E-state index is 13.6. The number of carboxylic acids is 1. The fourth-order valence-electron chi connectivity index (χ4n) is 9.65. The number of nitrogens with one attached hydrogen (secondary N) is 2. The van der Waals surface area contributed by atoms with Crippen molar-refractivity contribution in [1.82, 2.24) is 10.6 Å². The number of ether oxygens (including phenoxy) is 1. The number of hydrogen-bond donors (Lipinski definition) is 5. The van der Waals surface area contributed by atoms with Crippen LogP contribution in [-0.2, 0) is 33.5 Å². The van der Waals surface area contributed by atoms with Crippen LogP contribution in [0.15, 0.2) is 42.0 Å². The van der Waals surface area contributed by atoms with E-state index in [9.17, 15) is 44.1 Å². The number of ketones is 2. The van der Waals surface area contributed by atoms with Gasteiger partial charge in [-0.1, -0.05) is 63.6 Å². The summed E-state index contributed by atoms with van der Waals surface area (Å²) < 4.78 is 5.24. The van der Waals surface area contributed by atoms with Crippen molar-refractivity contribution < 1.29 is 48.8 Å². The van der Waals surface area contributed by atoms with Gasteiger partial charge in [0.25, 0.3) is 0 Å². The molecule has 12 nitrogen and oxygen atoms in total. The van der Waals surface area contributed by atoms with E-state index in [0.29, 0.717) is 24.8 Å². The molecule has 1 aromatic rings. The highest BCUT2D eigenvalue weighted by Gasteiger charge is 2.68. The first-order valence-corrected chi connectivity index (χ1v) is 17.7. The average Bonchev–Trinajstić information content (AvgIpc) is 3.34. The van der Waals surface area contributed by atoms with E-state index in [1.807, 2.05) is 6.92 Å². The Hall–Kier alpha value is -3.90. The molecule has 2 amide bonds. The van der Waals surface area contributed by atoms with Crippen molar-refractivity contribution in [2.45, 2.75) is 109 Å². The van der Waals surface area contributed by atoms with Gasteiger partial charge >= 0.3 is 11.9 Å². The first-order valence-electron chi connectivity index (χ1n) is 17.7. The summed E-state index contributed by atoms with van der Waals surface area (Å²) in [4.78, 5) is 76.0. The van der Waals surface area contributed by atoms with Crippen molar-refractivity contribution in [2.24, 2.45) is 34.5 Å². The maximum atomic E-state index is 13.6. The molecule has 4 aliphatic rings. The van der Waals surface area contributed by atoms with Gasteiger partial charge in [0.05, 0.1) is 12.5 Å². The van der Waals surface area contributed by atoms with E-state index in [1.54, 1.807) is 50.3 Å². The van der Waals surface area contributed by atoms with E-state index >= 15 is 0 Å². The molecule has 0 radical (unpaired) electrons. The van der Waals surface area contributed by atoms with E-state index in [2.05, 4.69) is 17.6 Å². The number of amides is 2. The van der Waals surface area contributed by atoms with Gasteiger partial charge in [0, 0.05) is 18.3 Å². The summed E-state index contributed by atoms with van der Waals surface area (Å²) in [6, 6.07) is 5.77. The number of carbonyl (C=O) groups is 6. The molecule has 5 N–H and O–H groups in total. The van der Waals surface area contributed by atoms with E-state index in [4.69, 9.17) is 4.74 Å². The number of hydrogen-bond acceptors (Lipinski definition) is 9. The molecule has 4 aliphatic carbocycles. The summed E-state index contributed by atoms with van der Waals surface area (Å²) in [6.07, 6.45) is 3.91. The molecular weight excluding hydrogens is 644 g/mol. The molecule has 0 aromatic heterocycles. The summed E-state index contributed by atoms with van der Waals surface area (Å²) in [5.74, 6) is -4.35. The Bertz CT molecular complexity index is 1560. The lowest BCUT2D eigenvalue weighted by Gasteiger charge is -2.60. The smallest absolute Gasteiger partial charge is 0.330 e. The van der Waals surface area contributed by atoms with Crippen LogP contribution >= 0.6 is 0 Å². The zero-order valence-electron chi connectivity index (χ0n) is 29.3. The number of esters is 1. The van der Waals surface area contributed by atoms with Gasteiger partial charge in [0.2, 0.25) is 17.6 Å². The topological polar surface area (TPSA) is 196 Å². The molecule has 0 unspecified atom stereocenters. The van der Waals surface area contributed by atoms with Crippen LogP contribution in [0.25, 0.3) is 0 Å². The van der Waals surface area contributed by atoms with Gasteiger partial charge in [-0.15, -0.1) is 0 Å². The number of carboxylic acid groups (broad SMARTS) is 1. The third kappa shape index (κ3) is 6.88. The third-order valence-electron chi connectivity index (χ3n) is 12.4. The predicted molar refractivity (Wildman–Crippen MR) is 180 cm³/mol. The van der Waals surface area contributed by atoms with Crippen LogP contribution in [0, 0.1) is 34.5 Å². The van der Waals surface area contributed by atoms with Crippen molar-refractivity contribution >= 4 is 35.3 Å². The number of allylic oxidation sites excluding steroid dienone is 1. The minimum absolute atomic E-state index is 0.0233. The Morgan fingerprint density at radius 2 is 1.68 bits per heavy atom. The molecule has 12 heteroatoms. The van der Waals surface area contributed by atoms with Crippen LogP contribution in [0.5, 0.6) is 0 Å². The number of benzene rings is 1. The molecule has 272 valence electrons. The first-order chi connectivity index (χ1) is 23.5. The number of carbonyl (C=O) groups excluding carboxylic acids is 5. The lowest BCUT2D eigenvalue weighted by atomic mass is 9.45. The maximum Gasteiger partial charge on any atom is 0.330 e. The van der Waals surface area contributed by atoms with Gasteiger partial charge in [-0.2, -0.15) is 0 Å². The van der Waals surface area contributed by atoms with Gasteiger partial charge in [0.1, 0.15) is 11.6 Å². The van der Waals surface area contributed by atoms with E-state index in [1.165, 1.54) is 0 Å². The van der Waals surface area contributed by atoms with Crippen molar-refractivity contribution in [3.63, 3.8) is 0 Å². The molecule has 0 heterocycles. The second-order valence-electron chi connectivity index (χ2n) is 15.5. The zero-order valence-corrected chi connectivity index (χ0v) is 29.3. The van der Waals surface area contributed by atoms with Crippen LogP contribution in [0.3, 0.4) is 0 Å². The van der Waals surface area contributed by atoms with E-state index in [-0.39, 0.29) is 54.6 Å². The van der Waals surface area contributed by atoms with Crippen LogP contribution in [-0.4, -0.2) is 75.0 Å². The van der Waals surface area contributed by atoms with Gasteiger partial charge < -0.3 is 30.7 Å². The number of rotatable bonds is 12. The highest BCUT2D eigenvalue weighted by atomic mass is 16.5. The highest BCUT2D eigenvalue weighted by molar-refractivity contribution is 5.93. The number of aliphatic hydroxyl groups excluding tert-OH is 1. The summed E-state index contributed by atoms with van der Waals surface area (Å²) >= 11 is 0. The Labute approximate surface area is 292 Å². The van der Waals surface area contributed by atoms with Crippen LogP contribution in [0.4, 0.5) is 0 Å². The second-order valence-corrected chi connectivity index (χ2v) is 15.5. The van der Waals surface area contributed by atoms with Crippen LogP contribution in [0.1, 0.15) is 97.1 Å². The highest BCUT2D eigenvalue weighted by Crippen LogP contribution is 2.67. The van der Waals surface area contributed by atoms with Crippen LogP contribution in [0.2, 0.25) is 0 Å². The fourth-order valence-corrected chi connectivity index (χ4v) is 9.65. The van der Waals surface area contributed by atoms with E-state index in [0.717, 1.165) is 18.4 Å². The Kier molecular flexibility index (Phi) is 10.7. The van der Waals surface area contributed by atoms with Crippen LogP contribution < -0.4 is 10.6 Å². The summed E-state index contributed by atoms with van der Waals surface area (Å²) in [7, 11) is 0. The molecule has 0 bridgehead atoms. The minimum atomic E-state index is -1.80. The average molecular weight is 695 g/mol. The van der Waals surface area contributed by atoms with Gasteiger partial charge in [-0.25, -0.2) is 4.79 Å². The summed E-state index contributed by atoms with van der Waals surface area (Å²) in [6.45, 7) is 6.69. The largest absolute Gasteiger partial charge is 0.479 e. The molecule has 50 heavy (non-hydrogen) atoms. The first kappa shape index (κ1) is 37.4. The quantitative estimate of drug-likeness (QED) is 0.203. The molecule has 5 rings (SSSR count). The number of fused-ring (bicyclic) bond motifs is 5. The van der Waals surface area contributed by atoms with Crippen molar-refractivity contribution in [1.29, 1.82) is 0 Å². The van der Waals surface area contributed by atoms with Crippen molar-refractivity contribution in [2.75, 3.05) is 6.61 Å². The fraction of sp³-hybridized carbons (Fsp3) is 0.632. The molecule has 0 spiro atoms. The van der Waals surface area contributed by atoms with Gasteiger partial charge in [-0.3, -0.25) is 24.0 Å². The van der Waals surface area contributed by atoms with Crippen molar-refractivity contribution in [3.8, 4) is 0 Å². The lowest BCUT2D eigenvalue weighted by Crippen LogP contribution is -2.62. The summed E-state index contributed by atoms with van der Waals surface area (Å²) in [5, 5.41) is 38.2. The molecule has 9 atom stereocenters. The Balaban J connectivity index is 1.14. The molecule has 0 saturated heterocycles. The normalized spacial score (nSPS) is 32.8. The minimum Gasteiger partial charge on any atom is -0.479 e. The molecular formula is C38H50N2O10. The standard InChI is InChI=1S/C38H50N2O10/c1-21(2)32(34(46)40-33(35(47)48)22-8-6-5-7-9-22)39-29(44)12-13-30(45)50-20-28(43)38(49)17-15-26-25-11-10-23-18-24(41)14-16-36(23,3)31(25)27(42)19-37(26,38)4/h5-9,18,21,25-27,31-33,42,49H,10-17,19-20H2,1-4H3,(H,39,44)(H,40,46)(H,47,48)/t25-,26-,27+,31-,32-,33-,36+,37+,38-/m1/s1. The SMILES string of the molecule is CC(C)[C@@H](NC(=O)CCC(=O)OCC(=O)[C@]1(O)CC[C@@H]2[C@H]3CCC4=CC(=O)CC[C@]4(C)[C@H]3[C@@H](O)C[C@@]21C)C(=O)N[C@@H](C(=O)O)c1ccccc1. The lowest BCUT2D eigenvalue weighted by molar-refractivity contribution is -0.184. The zero-order chi connectivity index (χ0) is 36.6. The van der Waals surface area contributed by atoms with Gasteiger partial charge in [0.15, 0.2) is 18.4 Å².